The van der Waals surface area contributed by atoms with E-state index in [1.807, 2.05) is 24.3 Å². The highest BCUT2D eigenvalue weighted by atomic mass is 32.2. The minimum absolute atomic E-state index is 0.145. The third kappa shape index (κ3) is 4.51. The molecule has 0 unspecified atom stereocenters. The fraction of sp³-hybridized carbons (Fsp3) is 0. The Hall–Kier alpha value is -7.40. The summed E-state index contributed by atoms with van der Waals surface area (Å²) >= 11 is 0. The number of para-hydroxylation sites is 4. The summed E-state index contributed by atoms with van der Waals surface area (Å²) in [7, 11) is -3.84. The lowest BCUT2D eigenvalue weighted by Gasteiger charge is -2.13. The lowest BCUT2D eigenvalue weighted by atomic mass is 10.1. The van der Waals surface area contributed by atoms with Crippen LogP contribution >= 0.6 is 0 Å². The SMILES string of the molecule is N#Cc1ccc(S(=O)(=O)c2ccc(-n3c4ccc5c6ccccc6n(-c6ccccc6)c5c4c4ccc5c6ccccc6n(-c6ccccc6)c5c43)cc2)cc1. The molecule has 0 spiro atoms. The number of hydrogen-bond acceptors (Lipinski definition) is 3. The quantitative estimate of drug-likeness (QED) is 0.176. The highest BCUT2D eigenvalue weighted by molar-refractivity contribution is 7.91. The highest BCUT2D eigenvalue weighted by Gasteiger charge is 2.25. The van der Waals surface area contributed by atoms with Gasteiger partial charge < -0.3 is 13.7 Å². The van der Waals surface area contributed by atoms with Crippen molar-refractivity contribution in [2.24, 2.45) is 0 Å². The standard InChI is InChI=1S/C49H30N4O2S/c50-31-32-19-23-36(24-20-32)56(54,55)37-25-21-35(22-26-37)53-45-30-29-40-38-15-7-9-17-43(38)51(33-11-3-1-4-12-33)47(40)46(45)42-28-27-41-39-16-8-10-18-44(39)52(48(41)49(42)53)34-13-5-2-6-14-34/h1-30H. The Morgan fingerprint density at radius 3 is 1.39 bits per heavy atom. The molecule has 0 aliphatic carbocycles. The molecule has 0 aliphatic rings. The molecule has 3 aromatic heterocycles. The zero-order valence-corrected chi connectivity index (χ0v) is 30.7. The van der Waals surface area contributed by atoms with E-state index in [2.05, 4.69) is 141 Å². The first kappa shape index (κ1) is 32.1. The van der Waals surface area contributed by atoms with Gasteiger partial charge in [0.05, 0.1) is 54.5 Å². The van der Waals surface area contributed by atoms with Gasteiger partial charge in [-0.1, -0.05) is 91.0 Å². The zero-order valence-electron chi connectivity index (χ0n) is 29.8. The molecule has 0 radical (unpaired) electrons. The maximum atomic E-state index is 13.8. The van der Waals surface area contributed by atoms with Gasteiger partial charge in [0.1, 0.15) is 0 Å². The number of nitrogens with zero attached hydrogens (tertiary/aromatic N) is 4. The highest BCUT2D eigenvalue weighted by Crippen LogP contribution is 2.46. The van der Waals surface area contributed by atoms with E-state index < -0.39 is 9.84 Å². The summed E-state index contributed by atoms with van der Waals surface area (Å²) in [5.74, 6) is 0. The van der Waals surface area contributed by atoms with Gasteiger partial charge in [0, 0.05) is 49.4 Å². The van der Waals surface area contributed by atoms with Crippen LogP contribution < -0.4 is 0 Å². The molecule has 11 rings (SSSR count). The van der Waals surface area contributed by atoms with E-state index in [9.17, 15) is 13.7 Å². The topological polar surface area (TPSA) is 72.7 Å². The molecule has 8 aromatic carbocycles. The fourth-order valence-corrected chi connectivity index (χ4v) is 9.93. The van der Waals surface area contributed by atoms with Gasteiger partial charge in [-0.25, -0.2) is 8.42 Å². The molecule has 3 heterocycles. The van der Waals surface area contributed by atoms with Gasteiger partial charge in [0.2, 0.25) is 9.84 Å². The molecular weight excluding hydrogens is 709 g/mol. The molecule has 264 valence electrons. The normalized spacial score (nSPS) is 12.1. The summed E-state index contributed by atoms with van der Waals surface area (Å²) < 4.78 is 34.7. The number of fused-ring (bicyclic) bond motifs is 11. The third-order valence-corrected chi connectivity index (χ3v) is 12.9. The zero-order chi connectivity index (χ0) is 37.5. The van der Waals surface area contributed by atoms with Crippen LogP contribution in [0.4, 0.5) is 0 Å². The van der Waals surface area contributed by atoms with E-state index >= 15 is 0 Å². The second-order valence-electron chi connectivity index (χ2n) is 14.1. The summed E-state index contributed by atoms with van der Waals surface area (Å²) in [5, 5.41) is 16.1. The van der Waals surface area contributed by atoms with Crippen LogP contribution in [-0.2, 0) is 9.84 Å². The molecule has 0 amide bonds. The fourth-order valence-electron chi connectivity index (χ4n) is 8.67. The van der Waals surface area contributed by atoms with E-state index in [0.717, 1.165) is 77.1 Å². The molecule has 0 N–H and O–H groups in total. The Kier molecular flexibility index (Phi) is 6.90. The largest absolute Gasteiger partial charge is 0.309 e. The number of aromatic nitrogens is 3. The Morgan fingerprint density at radius 2 is 0.804 bits per heavy atom. The lowest BCUT2D eigenvalue weighted by Crippen LogP contribution is -2.03. The van der Waals surface area contributed by atoms with E-state index in [1.54, 1.807) is 12.1 Å². The van der Waals surface area contributed by atoms with Crippen molar-refractivity contribution < 1.29 is 8.42 Å². The minimum atomic E-state index is -3.84. The Labute approximate surface area is 321 Å². The van der Waals surface area contributed by atoms with Gasteiger partial charge in [0.15, 0.2) is 0 Å². The van der Waals surface area contributed by atoms with Crippen molar-refractivity contribution in [1.82, 2.24) is 13.7 Å². The second-order valence-corrected chi connectivity index (χ2v) is 16.0. The molecule has 0 saturated carbocycles. The van der Waals surface area contributed by atoms with Gasteiger partial charge in [-0.3, -0.25) is 0 Å². The first-order valence-electron chi connectivity index (χ1n) is 18.4. The minimum Gasteiger partial charge on any atom is -0.309 e. The average molecular weight is 739 g/mol. The maximum absolute atomic E-state index is 13.8. The average Bonchev–Trinajstić information content (AvgIpc) is 3.90. The third-order valence-electron chi connectivity index (χ3n) is 11.1. The van der Waals surface area contributed by atoms with Crippen molar-refractivity contribution in [1.29, 1.82) is 5.26 Å². The summed E-state index contributed by atoms with van der Waals surface area (Å²) in [4.78, 5) is 0.327. The van der Waals surface area contributed by atoms with Crippen LogP contribution in [0.3, 0.4) is 0 Å². The van der Waals surface area contributed by atoms with Crippen molar-refractivity contribution in [3.8, 4) is 23.1 Å². The van der Waals surface area contributed by atoms with Gasteiger partial charge >= 0.3 is 0 Å². The van der Waals surface area contributed by atoms with Crippen LogP contribution in [-0.4, -0.2) is 22.1 Å². The van der Waals surface area contributed by atoms with Gasteiger partial charge in [0.25, 0.3) is 0 Å². The summed E-state index contributed by atoms with van der Waals surface area (Å²) in [6.45, 7) is 0. The smallest absolute Gasteiger partial charge is 0.206 e. The van der Waals surface area contributed by atoms with Crippen LogP contribution in [0.1, 0.15) is 5.56 Å². The predicted octanol–water partition coefficient (Wildman–Crippen LogP) is 11.7. The Morgan fingerprint density at radius 1 is 0.375 bits per heavy atom. The lowest BCUT2D eigenvalue weighted by molar-refractivity contribution is 0.596. The molecule has 0 fully saturated rings. The number of benzene rings is 8. The van der Waals surface area contributed by atoms with Crippen molar-refractivity contribution in [2.75, 3.05) is 0 Å². The molecule has 0 aliphatic heterocycles. The van der Waals surface area contributed by atoms with Crippen LogP contribution in [0.2, 0.25) is 0 Å². The second kappa shape index (κ2) is 12.1. The molecule has 56 heavy (non-hydrogen) atoms. The number of nitriles is 1. The summed E-state index contributed by atoms with van der Waals surface area (Å²) in [5.41, 5.74) is 9.80. The van der Waals surface area contributed by atoms with Crippen LogP contribution in [0.15, 0.2) is 192 Å². The first-order valence-corrected chi connectivity index (χ1v) is 19.9. The summed E-state index contributed by atoms with van der Waals surface area (Å²) in [6.07, 6.45) is 0. The molecule has 0 bridgehead atoms. The van der Waals surface area contributed by atoms with Crippen LogP contribution in [0.25, 0.3) is 82.5 Å². The van der Waals surface area contributed by atoms with E-state index in [-0.39, 0.29) is 9.79 Å². The van der Waals surface area contributed by atoms with E-state index in [0.29, 0.717) is 5.56 Å². The molecule has 7 heteroatoms. The number of rotatable bonds is 5. The Bertz CT molecular complexity index is 3520. The van der Waals surface area contributed by atoms with Gasteiger partial charge in [-0.05, 0) is 91.0 Å². The van der Waals surface area contributed by atoms with E-state index in [1.165, 1.54) is 29.7 Å². The van der Waals surface area contributed by atoms with Gasteiger partial charge in [-0.15, -0.1) is 0 Å². The maximum Gasteiger partial charge on any atom is 0.206 e. The summed E-state index contributed by atoms with van der Waals surface area (Å²) in [6, 6.07) is 62.3. The molecule has 6 nitrogen and oxygen atoms in total. The molecule has 0 atom stereocenters. The van der Waals surface area contributed by atoms with Crippen molar-refractivity contribution in [2.45, 2.75) is 9.79 Å². The molecular formula is C49H30N4O2S. The molecule has 11 aromatic rings. The van der Waals surface area contributed by atoms with Crippen LogP contribution in [0.5, 0.6) is 0 Å². The van der Waals surface area contributed by atoms with Crippen molar-refractivity contribution in [3.63, 3.8) is 0 Å². The number of hydrogen-bond donors (Lipinski definition) is 0. The van der Waals surface area contributed by atoms with E-state index in [4.69, 9.17) is 0 Å². The first-order chi connectivity index (χ1) is 27.5. The van der Waals surface area contributed by atoms with Gasteiger partial charge in [-0.2, -0.15) is 5.26 Å². The van der Waals surface area contributed by atoms with Crippen molar-refractivity contribution >= 4 is 75.3 Å². The monoisotopic (exact) mass is 738 g/mol. The van der Waals surface area contributed by atoms with Crippen LogP contribution in [0, 0.1) is 11.3 Å². The Balaban J connectivity index is 1.30. The predicted molar refractivity (Wildman–Crippen MR) is 226 cm³/mol. The molecule has 0 saturated heterocycles. The number of sulfone groups is 1. The van der Waals surface area contributed by atoms with Crippen molar-refractivity contribution in [3.05, 3.63) is 188 Å².